The molecule has 18 heavy (non-hydrogen) atoms. The summed E-state index contributed by atoms with van der Waals surface area (Å²) in [4.78, 5) is 14.4. The van der Waals surface area contributed by atoms with Crippen LogP contribution in [0.4, 0.5) is 5.69 Å². The number of amides is 1. The lowest BCUT2D eigenvalue weighted by Crippen LogP contribution is -2.55. The minimum atomic E-state index is -0.355. The molecule has 1 aromatic carbocycles. The molecule has 0 radical (unpaired) electrons. The molecule has 4 nitrogen and oxygen atoms in total. The molecule has 96 valence electrons. The highest BCUT2D eigenvalue weighted by Crippen LogP contribution is 2.35. The van der Waals surface area contributed by atoms with Crippen LogP contribution in [-0.4, -0.2) is 31.2 Å². The van der Waals surface area contributed by atoms with E-state index >= 15 is 0 Å². The molecular weight excluding hydrogens is 294 g/mol. The largest absolute Gasteiger partial charge is 0.339 e. The monoisotopic (exact) mass is 309 g/mol. The van der Waals surface area contributed by atoms with Crippen LogP contribution in [0.25, 0.3) is 0 Å². The average Bonchev–Trinajstić information content (AvgIpc) is 2.68. The second kappa shape index (κ2) is 4.55. The van der Waals surface area contributed by atoms with Crippen LogP contribution in [0.15, 0.2) is 28.7 Å². The Morgan fingerprint density at radius 2 is 2.06 bits per heavy atom. The highest BCUT2D eigenvalue weighted by atomic mass is 79.9. The molecule has 0 aliphatic carbocycles. The SMILES string of the molecule is O=C1NCN(c2cccc(Br)c2)C12CCNCC2. The van der Waals surface area contributed by atoms with Gasteiger partial charge in [0.25, 0.3) is 0 Å². The number of nitrogens with one attached hydrogen (secondary N) is 2. The van der Waals surface area contributed by atoms with Crippen LogP contribution >= 0.6 is 15.9 Å². The number of hydrogen-bond acceptors (Lipinski definition) is 3. The quantitative estimate of drug-likeness (QED) is 0.825. The van der Waals surface area contributed by atoms with Gasteiger partial charge in [-0.2, -0.15) is 0 Å². The Kier molecular flexibility index (Phi) is 3.03. The fraction of sp³-hybridized carbons (Fsp3) is 0.462. The van der Waals surface area contributed by atoms with Gasteiger partial charge in [-0.1, -0.05) is 22.0 Å². The summed E-state index contributed by atoms with van der Waals surface area (Å²) >= 11 is 3.49. The molecule has 0 aromatic heterocycles. The van der Waals surface area contributed by atoms with Crippen LogP contribution in [0.5, 0.6) is 0 Å². The summed E-state index contributed by atoms with van der Waals surface area (Å²) in [5.74, 6) is 0.170. The summed E-state index contributed by atoms with van der Waals surface area (Å²) < 4.78 is 1.04. The van der Waals surface area contributed by atoms with E-state index in [-0.39, 0.29) is 11.4 Å². The Labute approximate surface area is 115 Å². The number of halogens is 1. The van der Waals surface area contributed by atoms with E-state index in [2.05, 4.69) is 43.6 Å². The number of hydrogen-bond donors (Lipinski definition) is 2. The molecule has 1 amide bonds. The Balaban J connectivity index is 1.98. The third kappa shape index (κ3) is 1.82. The minimum Gasteiger partial charge on any atom is -0.339 e. The third-order valence-electron chi connectivity index (χ3n) is 3.89. The van der Waals surface area contributed by atoms with Crippen LogP contribution in [0.2, 0.25) is 0 Å². The minimum absolute atomic E-state index is 0.170. The molecule has 2 heterocycles. The number of carbonyl (C=O) groups is 1. The standard InChI is InChI=1S/C13H16BrN3O/c14-10-2-1-3-11(8-10)17-9-16-12(18)13(17)4-6-15-7-5-13/h1-3,8,15H,4-7,9H2,(H,16,18). The predicted octanol–water partition coefficient (Wildman–Crippen LogP) is 1.46. The molecular formula is C13H16BrN3O. The van der Waals surface area contributed by atoms with E-state index in [1.54, 1.807) is 0 Å². The van der Waals surface area contributed by atoms with Gasteiger partial charge in [0.05, 0.1) is 6.67 Å². The van der Waals surface area contributed by atoms with Crippen molar-refractivity contribution in [1.82, 2.24) is 10.6 Å². The Morgan fingerprint density at radius 1 is 1.28 bits per heavy atom. The fourth-order valence-electron chi connectivity index (χ4n) is 2.91. The highest BCUT2D eigenvalue weighted by molar-refractivity contribution is 9.10. The predicted molar refractivity (Wildman–Crippen MR) is 74.5 cm³/mol. The lowest BCUT2D eigenvalue weighted by molar-refractivity contribution is -0.124. The molecule has 5 heteroatoms. The zero-order valence-electron chi connectivity index (χ0n) is 10.1. The zero-order valence-corrected chi connectivity index (χ0v) is 11.7. The lowest BCUT2D eigenvalue weighted by atomic mass is 9.86. The van der Waals surface area contributed by atoms with E-state index in [9.17, 15) is 4.79 Å². The molecule has 0 saturated carbocycles. The van der Waals surface area contributed by atoms with Crippen molar-refractivity contribution in [1.29, 1.82) is 0 Å². The van der Waals surface area contributed by atoms with Gasteiger partial charge in [0, 0.05) is 10.2 Å². The van der Waals surface area contributed by atoms with E-state index in [4.69, 9.17) is 0 Å². The van der Waals surface area contributed by atoms with Gasteiger partial charge in [0.15, 0.2) is 0 Å². The van der Waals surface area contributed by atoms with Gasteiger partial charge in [-0.05, 0) is 44.1 Å². The van der Waals surface area contributed by atoms with Gasteiger partial charge >= 0.3 is 0 Å². The first-order valence-corrected chi connectivity index (χ1v) is 7.04. The molecule has 2 N–H and O–H groups in total. The maximum absolute atomic E-state index is 12.2. The van der Waals surface area contributed by atoms with Crippen molar-refractivity contribution in [2.45, 2.75) is 18.4 Å². The first-order valence-electron chi connectivity index (χ1n) is 6.25. The summed E-state index contributed by atoms with van der Waals surface area (Å²) in [7, 11) is 0. The van der Waals surface area contributed by atoms with Crippen molar-refractivity contribution in [3.63, 3.8) is 0 Å². The molecule has 2 aliphatic heterocycles. The Bertz CT molecular complexity index is 471. The third-order valence-corrected chi connectivity index (χ3v) is 4.38. The van der Waals surface area contributed by atoms with E-state index in [0.29, 0.717) is 6.67 Å². The molecule has 0 unspecified atom stereocenters. The van der Waals surface area contributed by atoms with Gasteiger partial charge in [0.1, 0.15) is 5.54 Å². The number of benzene rings is 1. The van der Waals surface area contributed by atoms with Crippen LogP contribution in [0, 0.1) is 0 Å². The first-order chi connectivity index (χ1) is 8.72. The van der Waals surface area contributed by atoms with Gasteiger partial charge in [-0.15, -0.1) is 0 Å². The summed E-state index contributed by atoms with van der Waals surface area (Å²) in [5, 5.41) is 6.32. The van der Waals surface area contributed by atoms with E-state index in [0.717, 1.165) is 36.1 Å². The zero-order chi connectivity index (χ0) is 12.6. The molecule has 2 saturated heterocycles. The molecule has 3 rings (SSSR count). The molecule has 0 atom stereocenters. The summed E-state index contributed by atoms with van der Waals surface area (Å²) in [6.45, 7) is 2.41. The number of carbonyl (C=O) groups excluding carboxylic acids is 1. The highest BCUT2D eigenvalue weighted by Gasteiger charge is 2.49. The average molecular weight is 310 g/mol. The van der Waals surface area contributed by atoms with Crippen LogP contribution in [0.1, 0.15) is 12.8 Å². The van der Waals surface area contributed by atoms with Crippen molar-refractivity contribution in [3.8, 4) is 0 Å². The summed E-state index contributed by atoms with van der Waals surface area (Å²) in [5.41, 5.74) is 0.746. The summed E-state index contributed by atoms with van der Waals surface area (Å²) in [6.07, 6.45) is 1.73. The number of piperidine rings is 1. The lowest BCUT2D eigenvalue weighted by Gasteiger charge is -2.40. The number of rotatable bonds is 1. The smallest absolute Gasteiger partial charge is 0.247 e. The van der Waals surface area contributed by atoms with E-state index in [1.807, 2.05) is 12.1 Å². The van der Waals surface area contributed by atoms with Crippen molar-refractivity contribution in [2.75, 3.05) is 24.7 Å². The normalized spacial score (nSPS) is 22.3. The molecule has 0 bridgehead atoms. The molecule has 2 fully saturated rings. The molecule has 1 spiro atoms. The number of nitrogens with zero attached hydrogens (tertiary/aromatic N) is 1. The Morgan fingerprint density at radius 3 is 2.78 bits per heavy atom. The van der Waals surface area contributed by atoms with Crippen LogP contribution in [0.3, 0.4) is 0 Å². The second-order valence-electron chi connectivity index (χ2n) is 4.85. The molecule has 1 aromatic rings. The van der Waals surface area contributed by atoms with Gasteiger partial charge in [-0.25, -0.2) is 0 Å². The number of anilines is 1. The van der Waals surface area contributed by atoms with E-state index in [1.165, 1.54) is 0 Å². The van der Waals surface area contributed by atoms with Crippen molar-refractivity contribution in [3.05, 3.63) is 28.7 Å². The van der Waals surface area contributed by atoms with Crippen LogP contribution < -0.4 is 15.5 Å². The summed E-state index contributed by atoms with van der Waals surface area (Å²) in [6, 6.07) is 8.15. The van der Waals surface area contributed by atoms with Gasteiger partial charge < -0.3 is 15.5 Å². The maximum Gasteiger partial charge on any atom is 0.247 e. The molecule has 2 aliphatic rings. The van der Waals surface area contributed by atoms with Gasteiger partial charge in [-0.3, -0.25) is 4.79 Å². The first kappa shape index (κ1) is 12.0. The Hall–Kier alpha value is -1.07. The second-order valence-corrected chi connectivity index (χ2v) is 5.77. The van der Waals surface area contributed by atoms with Crippen molar-refractivity contribution in [2.24, 2.45) is 0 Å². The van der Waals surface area contributed by atoms with Crippen molar-refractivity contribution < 1.29 is 4.79 Å². The topological polar surface area (TPSA) is 44.4 Å². The van der Waals surface area contributed by atoms with Crippen molar-refractivity contribution >= 4 is 27.5 Å². The van der Waals surface area contributed by atoms with Crippen LogP contribution in [-0.2, 0) is 4.79 Å². The van der Waals surface area contributed by atoms with E-state index < -0.39 is 0 Å². The van der Waals surface area contributed by atoms with Gasteiger partial charge in [0.2, 0.25) is 5.91 Å². The fourth-order valence-corrected chi connectivity index (χ4v) is 3.30. The maximum atomic E-state index is 12.2.